The highest BCUT2D eigenvalue weighted by Crippen LogP contribution is 2.52. The number of allylic oxidation sites excluding steroid dienone is 2. The van der Waals surface area contributed by atoms with Gasteiger partial charge in [-0.1, -0.05) is 84.9 Å². The molecule has 0 heterocycles. The van der Waals surface area contributed by atoms with Gasteiger partial charge in [-0.3, -0.25) is 9.10 Å². The van der Waals surface area contributed by atoms with Gasteiger partial charge in [0.15, 0.2) is 5.78 Å². The summed E-state index contributed by atoms with van der Waals surface area (Å²) in [6.07, 6.45) is 6.60. The van der Waals surface area contributed by atoms with Crippen molar-refractivity contribution >= 4 is 21.9 Å². The molecule has 1 atom stereocenters. The van der Waals surface area contributed by atoms with Crippen molar-refractivity contribution in [3.63, 3.8) is 0 Å². The van der Waals surface area contributed by atoms with E-state index in [1.165, 1.54) is 10.6 Å². The highest BCUT2D eigenvalue weighted by atomic mass is 32.2. The quantitative estimate of drug-likeness (QED) is 0.614. The molecule has 3 aromatic rings. The number of carbonyl (C=O) groups is 1. The van der Waals surface area contributed by atoms with Crippen LogP contribution in [0.3, 0.4) is 0 Å². The van der Waals surface area contributed by atoms with E-state index in [2.05, 4.69) is 0 Å². The number of hydrogen-bond acceptors (Lipinski definition) is 3. The predicted octanol–water partition coefficient (Wildman–Crippen LogP) is 4.54. The summed E-state index contributed by atoms with van der Waals surface area (Å²) in [4.78, 5) is 12.7. The van der Waals surface area contributed by atoms with Crippen molar-refractivity contribution in [2.24, 2.45) is 0 Å². The summed E-state index contributed by atoms with van der Waals surface area (Å²) in [5.74, 6) is -0.0704. The maximum Gasteiger partial charge on any atom is 0.232 e. The fraction of sp³-hybridized carbons (Fsp3) is 0.115. The van der Waals surface area contributed by atoms with Crippen LogP contribution < -0.4 is 0 Å². The van der Waals surface area contributed by atoms with Crippen LogP contribution in [0, 0.1) is 0 Å². The van der Waals surface area contributed by atoms with Gasteiger partial charge in [0.05, 0.1) is 18.2 Å². The molecule has 154 valence electrons. The van der Waals surface area contributed by atoms with Gasteiger partial charge in [0.2, 0.25) is 10.0 Å². The molecule has 0 amide bonds. The van der Waals surface area contributed by atoms with Crippen LogP contribution in [0.1, 0.15) is 32.6 Å². The van der Waals surface area contributed by atoms with Crippen molar-refractivity contribution in [1.82, 2.24) is 4.31 Å². The Kier molecular flexibility index (Phi) is 4.45. The zero-order valence-corrected chi connectivity index (χ0v) is 17.8. The van der Waals surface area contributed by atoms with Crippen LogP contribution in [0.4, 0.5) is 0 Å². The Morgan fingerprint density at radius 3 is 2.23 bits per heavy atom. The third-order valence-corrected chi connectivity index (χ3v) is 7.15. The summed E-state index contributed by atoms with van der Waals surface area (Å²) in [5, 5.41) is 0. The van der Waals surface area contributed by atoms with E-state index in [1.54, 1.807) is 6.08 Å². The highest BCUT2D eigenvalue weighted by Gasteiger charge is 2.48. The topological polar surface area (TPSA) is 54.5 Å². The predicted molar refractivity (Wildman–Crippen MR) is 122 cm³/mol. The van der Waals surface area contributed by atoms with E-state index in [4.69, 9.17) is 0 Å². The van der Waals surface area contributed by atoms with Crippen LogP contribution in [0.5, 0.6) is 0 Å². The summed E-state index contributed by atoms with van der Waals surface area (Å²) >= 11 is 0. The van der Waals surface area contributed by atoms with Crippen molar-refractivity contribution < 1.29 is 13.2 Å². The molecule has 2 aliphatic rings. The Labute approximate surface area is 182 Å². The lowest BCUT2D eigenvalue weighted by atomic mass is 9.69. The maximum absolute atomic E-state index is 13.1. The number of fused-ring (bicyclic) bond motifs is 4. The van der Waals surface area contributed by atoms with E-state index in [9.17, 15) is 13.2 Å². The standard InChI is InChI=1S/C26H21NO3S/c1-31(29,30)27(18-19-9-3-2-4-10-19)25-17-20-11-5-7-13-22(20)26(25)16-15-24(28)21-12-6-8-14-23(21)26/h2-17H,18H2,1H3/t26-/m0/s1. The first kappa shape index (κ1) is 19.5. The van der Waals surface area contributed by atoms with Gasteiger partial charge in [-0.05, 0) is 34.4 Å². The van der Waals surface area contributed by atoms with E-state index >= 15 is 0 Å². The molecule has 2 aliphatic carbocycles. The van der Waals surface area contributed by atoms with Gasteiger partial charge in [0, 0.05) is 11.3 Å². The second-order valence-corrected chi connectivity index (χ2v) is 9.83. The Morgan fingerprint density at radius 2 is 1.48 bits per heavy atom. The first-order chi connectivity index (χ1) is 14.9. The average Bonchev–Trinajstić information content (AvgIpc) is 3.09. The SMILES string of the molecule is CS(=O)(=O)N(Cc1ccccc1)C1=Cc2ccccc2[C@]12C=CC(=O)c1ccccc12. The molecule has 5 rings (SSSR count). The number of rotatable bonds is 4. The molecular weight excluding hydrogens is 406 g/mol. The lowest BCUT2D eigenvalue weighted by Crippen LogP contribution is -2.41. The molecule has 0 saturated carbocycles. The molecule has 0 fully saturated rings. The Balaban J connectivity index is 1.78. The highest BCUT2D eigenvalue weighted by molar-refractivity contribution is 7.88. The lowest BCUT2D eigenvalue weighted by molar-refractivity contribution is 0.104. The van der Waals surface area contributed by atoms with Gasteiger partial charge >= 0.3 is 0 Å². The second-order valence-electron chi connectivity index (χ2n) is 7.92. The number of sulfonamides is 1. The third-order valence-electron chi connectivity index (χ3n) is 6.02. The number of carbonyl (C=O) groups excluding carboxylic acids is 1. The van der Waals surface area contributed by atoms with Crippen molar-refractivity contribution in [2.75, 3.05) is 6.26 Å². The largest absolute Gasteiger partial charge is 0.289 e. The van der Waals surface area contributed by atoms with Crippen molar-refractivity contribution in [2.45, 2.75) is 12.0 Å². The molecule has 0 saturated heterocycles. The first-order valence-electron chi connectivity index (χ1n) is 10.1. The number of nitrogens with zero attached hydrogens (tertiary/aromatic N) is 1. The minimum atomic E-state index is -3.61. The zero-order chi connectivity index (χ0) is 21.6. The number of ketones is 1. The molecule has 0 aromatic heterocycles. The molecule has 3 aromatic carbocycles. The summed E-state index contributed by atoms with van der Waals surface area (Å²) in [7, 11) is -3.61. The van der Waals surface area contributed by atoms with E-state index in [-0.39, 0.29) is 12.3 Å². The van der Waals surface area contributed by atoms with Gasteiger partial charge in [0.25, 0.3) is 0 Å². The van der Waals surface area contributed by atoms with Crippen LogP contribution in [0.15, 0.2) is 96.7 Å². The molecule has 0 N–H and O–H groups in total. The van der Waals surface area contributed by atoms with Crippen molar-refractivity contribution in [1.29, 1.82) is 0 Å². The zero-order valence-electron chi connectivity index (χ0n) is 17.0. The fourth-order valence-corrected chi connectivity index (χ4v) is 5.60. The molecule has 0 aliphatic heterocycles. The number of benzene rings is 3. The Morgan fingerprint density at radius 1 is 0.839 bits per heavy atom. The van der Waals surface area contributed by atoms with E-state index in [0.717, 1.165) is 22.3 Å². The lowest BCUT2D eigenvalue weighted by Gasteiger charge is -2.39. The summed E-state index contributed by atoms with van der Waals surface area (Å²) < 4.78 is 27.6. The van der Waals surface area contributed by atoms with Crippen molar-refractivity contribution in [3.8, 4) is 0 Å². The smallest absolute Gasteiger partial charge is 0.232 e. The van der Waals surface area contributed by atoms with Crippen LogP contribution in [0.2, 0.25) is 0 Å². The molecular formula is C26H21NO3S. The minimum Gasteiger partial charge on any atom is -0.289 e. The summed E-state index contributed by atoms with van der Waals surface area (Å²) in [5.41, 5.74) is 4.01. The van der Waals surface area contributed by atoms with Gasteiger partial charge in [-0.25, -0.2) is 8.42 Å². The number of hydrogen-bond donors (Lipinski definition) is 0. The molecule has 31 heavy (non-hydrogen) atoms. The summed E-state index contributed by atoms with van der Waals surface area (Å²) in [6, 6.07) is 24.9. The van der Waals surface area contributed by atoms with Crippen LogP contribution in [0.25, 0.3) is 6.08 Å². The minimum absolute atomic E-state index is 0.0704. The van der Waals surface area contributed by atoms with Gasteiger partial charge in [-0.2, -0.15) is 0 Å². The van der Waals surface area contributed by atoms with E-state index in [1.807, 2.05) is 91.0 Å². The normalized spacial score (nSPS) is 19.1. The Bertz CT molecular complexity index is 1360. The second kappa shape index (κ2) is 7.06. The Hall–Kier alpha value is -3.44. The van der Waals surface area contributed by atoms with Crippen LogP contribution >= 0.6 is 0 Å². The van der Waals surface area contributed by atoms with Crippen LogP contribution in [-0.4, -0.2) is 24.8 Å². The fourth-order valence-electron chi connectivity index (χ4n) is 4.66. The molecule has 0 radical (unpaired) electrons. The summed E-state index contributed by atoms with van der Waals surface area (Å²) in [6.45, 7) is 0.213. The van der Waals surface area contributed by atoms with Crippen LogP contribution in [-0.2, 0) is 22.0 Å². The molecule has 4 nitrogen and oxygen atoms in total. The molecule has 1 spiro atoms. The molecule has 0 unspecified atom stereocenters. The molecule has 0 bridgehead atoms. The average molecular weight is 428 g/mol. The maximum atomic E-state index is 13.1. The molecule has 5 heteroatoms. The van der Waals surface area contributed by atoms with E-state index < -0.39 is 15.4 Å². The third kappa shape index (κ3) is 3.04. The van der Waals surface area contributed by atoms with E-state index in [0.29, 0.717) is 11.3 Å². The van der Waals surface area contributed by atoms with Crippen molar-refractivity contribution in [3.05, 3.63) is 125 Å². The van der Waals surface area contributed by atoms with Gasteiger partial charge in [0.1, 0.15) is 0 Å². The van der Waals surface area contributed by atoms with Gasteiger partial charge < -0.3 is 0 Å². The van der Waals surface area contributed by atoms with Gasteiger partial charge in [-0.15, -0.1) is 0 Å². The monoisotopic (exact) mass is 427 g/mol. The first-order valence-corrected chi connectivity index (χ1v) is 11.9.